The fourth-order valence-corrected chi connectivity index (χ4v) is 5.41. The van der Waals surface area contributed by atoms with E-state index in [0.717, 1.165) is 25.0 Å². The van der Waals surface area contributed by atoms with E-state index in [1.807, 2.05) is 16.3 Å². The molecule has 27 heavy (non-hydrogen) atoms. The second-order valence-corrected chi connectivity index (χ2v) is 10.1. The maximum atomic E-state index is 12.9. The number of amides is 1. The van der Waals surface area contributed by atoms with Gasteiger partial charge in [-0.1, -0.05) is 39.5 Å². The minimum absolute atomic E-state index is 0.0193. The molecule has 0 aliphatic carbocycles. The Morgan fingerprint density at radius 2 is 2.04 bits per heavy atom. The SMILES string of the molecule is CC(C)CCn1c(SCC(=O)N2CC(C)CC(C)C2)nc2ccsc2c1=O. The van der Waals surface area contributed by atoms with Gasteiger partial charge in [-0.25, -0.2) is 4.98 Å². The van der Waals surface area contributed by atoms with Gasteiger partial charge in [-0.05, 0) is 42.0 Å². The molecule has 0 bridgehead atoms. The van der Waals surface area contributed by atoms with Gasteiger partial charge in [-0.3, -0.25) is 14.2 Å². The van der Waals surface area contributed by atoms with E-state index >= 15 is 0 Å². The van der Waals surface area contributed by atoms with Gasteiger partial charge in [0.1, 0.15) is 4.70 Å². The maximum Gasteiger partial charge on any atom is 0.272 e. The summed E-state index contributed by atoms with van der Waals surface area (Å²) >= 11 is 2.84. The first-order valence-corrected chi connectivity index (χ1v) is 11.6. The van der Waals surface area contributed by atoms with E-state index in [1.165, 1.54) is 29.5 Å². The lowest BCUT2D eigenvalue weighted by Gasteiger charge is -2.35. The minimum Gasteiger partial charge on any atom is -0.341 e. The van der Waals surface area contributed by atoms with Crippen molar-refractivity contribution in [2.45, 2.75) is 52.2 Å². The molecule has 3 rings (SSSR count). The van der Waals surface area contributed by atoms with Crippen molar-refractivity contribution in [2.75, 3.05) is 18.8 Å². The van der Waals surface area contributed by atoms with Gasteiger partial charge in [0.15, 0.2) is 5.16 Å². The first-order valence-electron chi connectivity index (χ1n) is 9.73. The molecule has 1 amide bonds. The van der Waals surface area contributed by atoms with Crippen LogP contribution in [0.1, 0.15) is 40.5 Å². The maximum absolute atomic E-state index is 12.9. The van der Waals surface area contributed by atoms with Crippen LogP contribution in [0.25, 0.3) is 10.2 Å². The number of piperidine rings is 1. The first kappa shape index (κ1) is 20.4. The number of likely N-dealkylation sites (tertiary alicyclic amines) is 1. The van der Waals surface area contributed by atoms with Crippen LogP contribution in [0, 0.1) is 17.8 Å². The minimum atomic E-state index is 0.0193. The third-order valence-corrected chi connectivity index (χ3v) is 6.86. The number of rotatable bonds is 6. The molecule has 2 atom stereocenters. The van der Waals surface area contributed by atoms with Gasteiger partial charge in [-0.15, -0.1) is 11.3 Å². The Kier molecular flexibility index (Phi) is 6.63. The summed E-state index contributed by atoms with van der Waals surface area (Å²) in [6, 6.07) is 1.88. The molecule has 2 unspecified atom stereocenters. The molecule has 2 aromatic rings. The zero-order valence-corrected chi connectivity index (χ0v) is 18.2. The van der Waals surface area contributed by atoms with E-state index < -0.39 is 0 Å². The van der Waals surface area contributed by atoms with Crippen LogP contribution in [-0.2, 0) is 11.3 Å². The summed E-state index contributed by atoms with van der Waals surface area (Å²) in [5.41, 5.74) is 0.756. The van der Waals surface area contributed by atoms with Crippen molar-refractivity contribution in [1.29, 1.82) is 0 Å². The van der Waals surface area contributed by atoms with Crippen LogP contribution in [0.15, 0.2) is 21.4 Å². The summed E-state index contributed by atoms with van der Waals surface area (Å²) in [4.78, 5) is 32.3. The van der Waals surface area contributed by atoms with E-state index in [4.69, 9.17) is 0 Å². The van der Waals surface area contributed by atoms with Crippen molar-refractivity contribution < 1.29 is 4.79 Å². The van der Waals surface area contributed by atoms with Crippen LogP contribution in [0.2, 0.25) is 0 Å². The van der Waals surface area contributed by atoms with E-state index in [-0.39, 0.29) is 11.5 Å². The van der Waals surface area contributed by atoms with E-state index in [9.17, 15) is 9.59 Å². The van der Waals surface area contributed by atoms with Gasteiger partial charge >= 0.3 is 0 Å². The normalized spacial score (nSPS) is 20.6. The van der Waals surface area contributed by atoms with Crippen molar-refractivity contribution in [1.82, 2.24) is 14.5 Å². The summed E-state index contributed by atoms with van der Waals surface area (Å²) in [5.74, 6) is 2.09. The highest BCUT2D eigenvalue weighted by Crippen LogP contribution is 2.24. The number of aromatic nitrogens is 2. The molecule has 1 aliphatic heterocycles. The summed E-state index contributed by atoms with van der Waals surface area (Å²) in [7, 11) is 0. The van der Waals surface area contributed by atoms with Crippen LogP contribution in [0.3, 0.4) is 0 Å². The molecule has 3 heterocycles. The van der Waals surface area contributed by atoms with Crippen molar-refractivity contribution in [3.05, 3.63) is 21.8 Å². The summed E-state index contributed by atoms with van der Waals surface area (Å²) < 4.78 is 2.46. The number of nitrogens with zero attached hydrogens (tertiary/aromatic N) is 3. The van der Waals surface area contributed by atoms with Gasteiger partial charge in [-0.2, -0.15) is 0 Å². The monoisotopic (exact) mass is 407 g/mol. The molecule has 1 saturated heterocycles. The molecule has 0 saturated carbocycles. The Morgan fingerprint density at radius 3 is 2.70 bits per heavy atom. The van der Waals surface area contributed by atoms with Gasteiger partial charge in [0.25, 0.3) is 5.56 Å². The smallest absolute Gasteiger partial charge is 0.272 e. The second-order valence-electron chi connectivity index (χ2n) is 8.20. The molecule has 0 N–H and O–H groups in total. The molecular formula is C20H29N3O2S2. The zero-order valence-electron chi connectivity index (χ0n) is 16.6. The predicted octanol–water partition coefficient (Wildman–Crippen LogP) is 4.10. The summed E-state index contributed by atoms with van der Waals surface area (Å²) in [6.45, 7) is 11.0. The Labute approximate surface area is 169 Å². The van der Waals surface area contributed by atoms with E-state index in [1.54, 1.807) is 4.57 Å². The molecule has 1 fully saturated rings. The number of hydrogen-bond donors (Lipinski definition) is 0. The Morgan fingerprint density at radius 1 is 1.33 bits per heavy atom. The Bertz CT molecular complexity index is 849. The third-order valence-electron chi connectivity index (χ3n) is 5.01. The third kappa shape index (κ3) is 4.93. The zero-order chi connectivity index (χ0) is 19.6. The molecule has 7 heteroatoms. The summed E-state index contributed by atoms with van der Waals surface area (Å²) in [5, 5.41) is 2.57. The molecular weight excluding hydrogens is 378 g/mol. The van der Waals surface area contributed by atoms with Gasteiger partial charge in [0.05, 0.1) is 11.3 Å². The van der Waals surface area contributed by atoms with E-state index in [0.29, 0.717) is 39.9 Å². The Hall–Kier alpha value is -1.34. The average Bonchev–Trinajstić information content (AvgIpc) is 3.06. The quantitative estimate of drug-likeness (QED) is 0.534. The molecule has 0 radical (unpaired) electrons. The highest BCUT2D eigenvalue weighted by molar-refractivity contribution is 7.99. The molecule has 148 valence electrons. The van der Waals surface area contributed by atoms with Crippen molar-refractivity contribution in [2.24, 2.45) is 17.8 Å². The molecule has 2 aromatic heterocycles. The highest BCUT2D eigenvalue weighted by atomic mass is 32.2. The average molecular weight is 408 g/mol. The fourth-order valence-electron chi connectivity index (χ4n) is 3.70. The van der Waals surface area contributed by atoms with E-state index in [2.05, 4.69) is 32.7 Å². The van der Waals surface area contributed by atoms with Crippen LogP contribution in [0.4, 0.5) is 0 Å². The second kappa shape index (κ2) is 8.78. The number of thiophene rings is 1. The van der Waals surface area contributed by atoms with Crippen LogP contribution < -0.4 is 5.56 Å². The largest absolute Gasteiger partial charge is 0.341 e. The van der Waals surface area contributed by atoms with Gasteiger partial charge < -0.3 is 4.90 Å². The number of thioether (sulfide) groups is 1. The first-order chi connectivity index (χ1) is 12.8. The molecule has 0 spiro atoms. The van der Waals surface area contributed by atoms with Gasteiger partial charge in [0, 0.05) is 19.6 Å². The predicted molar refractivity (Wildman–Crippen MR) is 114 cm³/mol. The highest BCUT2D eigenvalue weighted by Gasteiger charge is 2.25. The van der Waals surface area contributed by atoms with Crippen LogP contribution in [0.5, 0.6) is 0 Å². The van der Waals surface area contributed by atoms with Gasteiger partial charge in [0.2, 0.25) is 5.91 Å². The number of carbonyl (C=O) groups is 1. The Balaban J connectivity index is 1.77. The molecule has 0 aromatic carbocycles. The van der Waals surface area contributed by atoms with Crippen LogP contribution in [-0.4, -0.2) is 39.2 Å². The van der Waals surface area contributed by atoms with Crippen molar-refractivity contribution in [3.63, 3.8) is 0 Å². The topological polar surface area (TPSA) is 55.2 Å². The lowest BCUT2D eigenvalue weighted by Crippen LogP contribution is -2.43. The lowest BCUT2D eigenvalue weighted by molar-refractivity contribution is -0.130. The summed E-state index contributed by atoms with van der Waals surface area (Å²) in [6.07, 6.45) is 2.10. The molecule has 5 nitrogen and oxygen atoms in total. The molecule has 1 aliphatic rings. The lowest BCUT2D eigenvalue weighted by atomic mass is 9.92. The van der Waals surface area contributed by atoms with Crippen molar-refractivity contribution >= 4 is 39.2 Å². The number of hydrogen-bond acceptors (Lipinski definition) is 5. The van der Waals surface area contributed by atoms with Crippen molar-refractivity contribution in [3.8, 4) is 0 Å². The number of fused-ring (bicyclic) bond motifs is 1. The standard InChI is InChI=1S/C20H29N3O2S2/c1-13(2)5-7-23-19(25)18-16(6-8-26-18)21-20(23)27-12-17(24)22-10-14(3)9-15(4)11-22/h6,8,13-15H,5,7,9-12H2,1-4H3. The van der Waals surface area contributed by atoms with Crippen LogP contribution >= 0.6 is 23.1 Å². The fraction of sp³-hybridized carbons (Fsp3) is 0.650. The number of carbonyl (C=O) groups excluding carboxylic acids is 1.